The average Bonchev–Trinajstić information content (AvgIpc) is 3.18. The van der Waals surface area contributed by atoms with Crippen molar-refractivity contribution in [1.29, 1.82) is 0 Å². The fraction of sp³-hybridized carbons (Fsp3) is 0.400. The predicted molar refractivity (Wildman–Crippen MR) is 101 cm³/mol. The molecule has 1 fully saturated rings. The number of hydrogen-bond donors (Lipinski definition) is 1. The van der Waals surface area contributed by atoms with Crippen molar-refractivity contribution in [3.8, 4) is 0 Å². The molecule has 0 bridgehead atoms. The minimum absolute atomic E-state index is 0.0131. The summed E-state index contributed by atoms with van der Waals surface area (Å²) in [5.74, 6) is -1.27. The first-order chi connectivity index (χ1) is 12.4. The Bertz CT molecular complexity index is 835. The van der Waals surface area contributed by atoms with Crippen LogP contribution in [0, 0.1) is 26.7 Å². The second-order valence-electron chi connectivity index (χ2n) is 6.93. The number of ketones is 2. The van der Waals surface area contributed by atoms with E-state index >= 15 is 0 Å². The molecule has 3 rings (SSSR count). The fourth-order valence-electron chi connectivity index (χ4n) is 3.82. The highest BCUT2D eigenvalue weighted by Crippen LogP contribution is 2.37. The van der Waals surface area contributed by atoms with Crippen LogP contribution in [0.5, 0.6) is 0 Å². The van der Waals surface area contributed by atoms with E-state index in [4.69, 9.17) is 0 Å². The lowest BCUT2D eigenvalue weighted by Crippen LogP contribution is -2.27. The third kappa shape index (κ3) is 3.60. The SMILES string of the molecule is Cc1cc(C)c(C2C(=O)CC(CCNC(=O)c3cscn3)C2=O)c(C)c1. The van der Waals surface area contributed by atoms with E-state index in [1.54, 1.807) is 10.9 Å². The van der Waals surface area contributed by atoms with Gasteiger partial charge in [0.25, 0.3) is 5.91 Å². The molecule has 0 radical (unpaired) electrons. The number of carbonyl (C=O) groups excluding carboxylic acids is 3. The van der Waals surface area contributed by atoms with Crippen molar-refractivity contribution in [3.05, 3.63) is 51.0 Å². The van der Waals surface area contributed by atoms with Gasteiger partial charge in [0.05, 0.1) is 5.51 Å². The smallest absolute Gasteiger partial charge is 0.270 e. The number of benzene rings is 1. The molecule has 0 saturated heterocycles. The number of hydrogen-bond acceptors (Lipinski definition) is 5. The Morgan fingerprint density at radius 2 is 1.92 bits per heavy atom. The molecule has 1 saturated carbocycles. The molecule has 1 aromatic heterocycles. The van der Waals surface area contributed by atoms with Gasteiger partial charge in [-0.25, -0.2) is 4.98 Å². The molecule has 1 N–H and O–H groups in total. The monoisotopic (exact) mass is 370 g/mol. The maximum Gasteiger partial charge on any atom is 0.270 e. The molecule has 1 amide bonds. The highest BCUT2D eigenvalue weighted by atomic mass is 32.1. The molecule has 1 aromatic carbocycles. The van der Waals surface area contributed by atoms with Crippen LogP contribution in [0.25, 0.3) is 0 Å². The average molecular weight is 370 g/mol. The van der Waals surface area contributed by atoms with Gasteiger partial charge in [-0.3, -0.25) is 14.4 Å². The van der Waals surface area contributed by atoms with Crippen molar-refractivity contribution in [3.63, 3.8) is 0 Å². The van der Waals surface area contributed by atoms with Crippen molar-refractivity contribution in [2.45, 2.75) is 39.5 Å². The summed E-state index contributed by atoms with van der Waals surface area (Å²) < 4.78 is 0. The molecule has 26 heavy (non-hydrogen) atoms. The summed E-state index contributed by atoms with van der Waals surface area (Å²) in [6.07, 6.45) is 0.726. The second kappa shape index (κ2) is 7.50. The van der Waals surface area contributed by atoms with Crippen LogP contribution < -0.4 is 5.32 Å². The molecule has 5 nitrogen and oxygen atoms in total. The van der Waals surface area contributed by atoms with Crippen LogP contribution in [0.15, 0.2) is 23.0 Å². The third-order valence-electron chi connectivity index (χ3n) is 4.93. The highest BCUT2D eigenvalue weighted by Gasteiger charge is 2.42. The van der Waals surface area contributed by atoms with Gasteiger partial charge in [-0.15, -0.1) is 11.3 Å². The molecule has 1 aliphatic rings. The van der Waals surface area contributed by atoms with E-state index < -0.39 is 5.92 Å². The fourth-order valence-corrected chi connectivity index (χ4v) is 4.36. The minimum Gasteiger partial charge on any atom is -0.351 e. The van der Waals surface area contributed by atoms with Crippen molar-refractivity contribution >= 4 is 28.8 Å². The number of aryl methyl sites for hydroxylation is 3. The van der Waals surface area contributed by atoms with E-state index in [0.717, 1.165) is 22.3 Å². The molecule has 0 aliphatic heterocycles. The van der Waals surface area contributed by atoms with Gasteiger partial charge in [0, 0.05) is 24.3 Å². The van der Waals surface area contributed by atoms with Gasteiger partial charge >= 0.3 is 0 Å². The Kier molecular flexibility index (Phi) is 5.32. The molecule has 6 heteroatoms. The normalized spacial score (nSPS) is 19.8. The maximum atomic E-state index is 12.9. The Labute approximate surface area is 156 Å². The van der Waals surface area contributed by atoms with Gasteiger partial charge < -0.3 is 5.32 Å². The summed E-state index contributed by atoms with van der Waals surface area (Å²) >= 11 is 1.36. The molecule has 136 valence electrons. The van der Waals surface area contributed by atoms with Gasteiger partial charge in [0.2, 0.25) is 0 Å². The number of nitrogens with zero attached hydrogens (tertiary/aromatic N) is 1. The van der Waals surface area contributed by atoms with Crippen LogP contribution in [0.1, 0.15) is 51.5 Å². The van der Waals surface area contributed by atoms with E-state index in [1.165, 1.54) is 11.3 Å². The zero-order valence-electron chi connectivity index (χ0n) is 15.2. The Balaban J connectivity index is 1.67. The van der Waals surface area contributed by atoms with E-state index in [9.17, 15) is 14.4 Å². The second-order valence-corrected chi connectivity index (χ2v) is 7.65. The van der Waals surface area contributed by atoms with Gasteiger partial charge in [-0.2, -0.15) is 0 Å². The van der Waals surface area contributed by atoms with Gasteiger partial charge in [-0.1, -0.05) is 17.7 Å². The summed E-state index contributed by atoms with van der Waals surface area (Å²) in [4.78, 5) is 41.3. The lowest BCUT2D eigenvalue weighted by Gasteiger charge is -2.16. The van der Waals surface area contributed by atoms with Gasteiger partial charge in [-0.05, 0) is 43.9 Å². The summed E-state index contributed by atoms with van der Waals surface area (Å²) in [6, 6.07) is 4.04. The third-order valence-corrected chi connectivity index (χ3v) is 5.51. The summed E-state index contributed by atoms with van der Waals surface area (Å²) in [5, 5.41) is 4.45. The zero-order chi connectivity index (χ0) is 18.8. The zero-order valence-corrected chi connectivity index (χ0v) is 16.0. The molecule has 1 aliphatic carbocycles. The Hall–Kier alpha value is -2.34. The first kappa shape index (κ1) is 18.5. The lowest BCUT2D eigenvalue weighted by molar-refractivity contribution is -0.124. The predicted octanol–water partition coefficient (Wildman–Crippen LogP) is 3.13. The number of carbonyl (C=O) groups is 3. The standard InChI is InChI=1S/C20H22N2O3S/c1-11-6-12(2)17(13(3)7-11)18-16(23)8-14(19(18)24)4-5-21-20(25)15-9-26-10-22-15/h6-7,9-10,14,18H,4-5,8H2,1-3H3,(H,21,25). The molecule has 2 atom stereocenters. The van der Waals surface area contributed by atoms with Crippen molar-refractivity contribution in [2.75, 3.05) is 6.54 Å². The van der Waals surface area contributed by atoms with Crippen LogP contribution >= 0.6 is 11.3 Å². The number of nitrogens with one attached hydrogen (secondary N) is 1. The van der Waals surface area contributed by atoms with Gasteiger partial charge in [0.1, 0.15) is 17.4 Å². The van der Waals surface area contributed by atoms with E-state index in [1.807, 2.05) is 32.9 Å². The Morgan fingerprint density at radius 1 is 1.23 bits per heavy atom. The summed E-state index contributed by atoms with van der Waals surface area (Å²) in [5.41, 5.74) is 5.96. The summed E-state index contributed by atoms with van der Waals surface area (Å²) in [6.45, 7) is 6.28. The number of amides is 1. The van der Waals surface area contributed by atoms with Crippen LogP contribution in [-0.2, 0) is 9.59 Å². The quantitative estimate of drug-likeness (QED) is 0.821. The number of thiazole rings is 1. The molecular weight excluding hydrogens is 348 g/mol. The van der Waals surface area contributed by atoms with Crippen molar-refractivity contribution in [1.82, 2.24) is 10.3 Å². The maximum absolute atomic E-state index is 12.9. The van der Waals surface area contributed by atoms with E-state index in [-0.39, 0.29) is 29.8 Å². The first-order valence-electron chi connectivity index (χ1n) is 8.69. The molecule has 1 heterocycles. The highest BCUT2D eigenvalue weighted by molar-refractivity contribution is 7.07. The van der Waals surface area contributed by atoms with Crippen LogP contribution in [0.2, 0.25) is 0 Å². The van der Waals surface area contributed by atoms with Crippen LogP contribution in [0.4, 0.5) is 0 Å². The molecule has 2 unspecified atom stereocenters. The molecular formula is C20H22N2O3S. The first-order valence-corrected chi connectivity index (χ1v) is 9.63. The van der Waals surface area contributed by atoms with Crippen LogP contribution in [-0.4, -0.2) is 29.0 Å². The van der Waals surface area contributed by atoms with E-state index in [0.29, 0.717) is 18.7 Å². The van der Waals surface area contributed by atoms with E-state index in [2.05, 4.69) is 10.3 Å². The largest absolute Gasteiger partial charge is 0.351 e. The van der Waals surface area contributed by atoms with Gasteiger partial charge in [0.15, 0.2) is 5.78 Å². The lowest BCUT2D eigenvalue weighted by atomic mass is 9.86. The number of aromatic nitrogens is 1. The molecule has 2 aromatic rings. The van der Waals surface area contributed by atoms with Crippen LogP contribution in [0.3, 0.4) is 0 Å². The van der Waals surface area contributed by atoms with Crippen molar-refractivity contribution in [2.24, 2.45) is 5.92 Å². The summed E-state index contributed by atoms with van der Waals surface area (Å²) in [7, 11) is 0. The number of rotatable bonds is 5. The number of Topliss-reactive ketones (excluding diaryl/α,β-unsaturated/α-hetero) is 2. The molecule has 0 spiro atoms. The minimum atomic E-state index is -0.658. The van der Waals surface area contributed by atoms with Crippen molar-refractivity contribution < 1.29 is 14.4 Å². The Morgan fingerprint density at radius 3 is 2.54 bits per heavy atom. The topological polar surface area (TPSA) is 76.1 Å².